The van der Waals surface area contributed by atoms with E-state index < -0.39 is 0 Å². The summed E-state index contributed by atoms with van der Waals surface area (Å²) in [6, 6.07) is 4.01. The van der Waals surface area contributed by atoms with Crippen LogP contribution in [0.5, 0.6) is 0 Å². The van der Waals surface area contributed by atoms with Crippen LogP contribution >= 0.6 is 0 Å². The third-order valence-electron chi connectivity index (χ3n) is 7.65. The van der Waals surface area contributed by atoms with Crippen LogP contribution in [0.15, 0.2) is 24.5 Å². The number of nitrogens with zero attached hydrogens (tertiary/aromatic N) is 2. The van der Waals surface area contributed by atoms with Gasteiger partial charge in [0, 0.05) is 25.2 Å². The van der Waals surface area contributed by atoms with E-state index in [2.05, 4.69) is 4.98 Å². The molecule has 30 heavy (non-hydrogen) atoms. The van der Waals surface area contributed by atoms with Crippen LogP contribution in [0.2, 0.25) is 0 Å². The minimum absolute atomic E-state index is 0.0788. The smallest absolute Gasteiger partial charge is 0.332 e. The Morgan fingerprint density at radius 3 is 2.30 bits per heavy atom. The van der Waals surface area contributed by atoms with Crippen molar-refractivity contribution in [1.82, 2.24) is 10.0 Å². The molecule has 1 heterocycles. The highest BCUT2D eigenvalue weighted by Crippen LogP contribution is 2.61. The van der Waals surface area contributed by atoms with Crippen molar-refractivity contribution in [2.24, 2.45) is 23.2 Å². The third kappa shape index (κ3) is 5.22. The first-order chi connectivity index (χ1) is 14.5. The zero-order valence-corrected chi connectivity index (χ0v) is 18.4. The molecule has 4 fully saturated rings. The number of hydroxylamine groups is 2. The molecule has 4 bridgehead atoms. The number of pyridine rings is 1. The summed E-state index contributed by atoms with van der Waals surface area (Å²) in [5, 5.41) is 1.38. The van der Waals surface area contributed by atoms with Crippen LogP contribution in [-0.4, -0.2) is 28.5 Å². The van der Waals surface area contributed by atoms with E-state index in [9.17, 15) is 9.59 Å². The maximum atomic E-state index is 12.4. The first-order valence-corrected chi connectivity index (χ1v) is 12.0. The summed E-state index contributed by atoms with van der Waals surface area (Å²) in [7, 11) is 0. The zero-order valence-electron chi connectivity index (χ0n) is 18.4. The van der Waals surface area contributed by atoms with Gasteiger partial charge in [0.15, 0.2) is 0 Å². The summed E-state index contributed by atoms with van der Waals surface area (Å²) < 4.78 is 0. The molecule has 1 amide bonds. The molecule has 0 spiro atoms. The average Bonchev–Trinajstić information content (AvgIpc) is 2.73. The molecule has 5 rings (SSSR count). The molecule has 0 aromatic carbocycles. The predicted molar refractivity (Wildman–Crippen MR) is 115 cm³/mol. The van der Waals surface area contributed by atoms with Gasteiger partial charge in [0.25, 0.3) is 5.91 Å². The second kappa shape index (κ2) is 9.49. The first kappa shape index (κ1) is 21.3. The van der Waals surface area contributed by atoms with E-state index in [-0.39, 0.29) is 11.9 Å². The third-order valence-corrected chi connectivity index (χ3v) is 7.65. The molecular formula is C25H36N2O3. The van der Waals surface area contributed by atoms with Crippen molar-refractivity contribution in [2.45, 2.75) is 84.0 Å². The van der Waals surface area contributed by atoms with Crippen LogP contribution in [-0.2, 0) is 20.8 Å². The molecule has 0 unspecified atom stereocenters. The Labute approximate surface area is 180 Å². The number of amides is 1. The number of aryl methyl sites for hydroxylation is 1. The van der Waals surface area contributed by atoms with Crippen molar-refractivity contribution < 1.29 is 14.4 Å². The largest absolute Gasteiger partial charge is 0.338 e. The van der Waals surface area contributed by atoms with E-state index in [1.165, 1.54) is 49.2 Å². The quantitative estimate of drug-likeness (QED) is 0.418. The maximum Gasteiger partial charge on any atom is 0.332 e. The Kier molecular flexibility index (Phi) is 6.74. The molecule has 1 aromatic rings. The highest BCUT2D eigenvalue weighted by atomic mass is 16.7. The van der Waals surface area contributed by atoms with Gasteiger partial charge in [-0.15, -0.1) is 0 Å². The maximum absolute atomic E-state index is 12.4. The molecule has 0 saturated heterocycles. The van der Waals surface area contributed by atoms with Crippen LogP contribution in [0, 0.1) is 23.2 Å². The van der Waals surface area contributed by atoms with Crippen molar-refractivity contribution in [3.8, 4) is 0 Å². The minimum atomic E-state index is -0.281. The van der Waals surface area contributed by atoms with Gasteiger partial charge in [-0.25, -0.2) is 4.79 Å². The van der Waals surface area contributed by atoms with Crippen molar-refractivity contribution in [3.05, 3.63) is 30.1 Å². The van der Waals surface area contributed by atoms with E-state index in [1.807, 2.05) is 19.1 Å². The molecule has 164 valence electrons. The van der Waals surface area contributed by atoms with Gasteiger partial charge in [-0.05, 0) is 105 Å². The number of unbranched alkanes of at least 4 members (excludes halogenated alkanes) is 1. The number of carbonyl (C=O) groups excluding carboxylic acids is 2. The highest BCUT2D eigenvalue weighted by Gasteiger charge is 2.50. The van der Waals surface area contributed by atoms with Crippen LogP contribution < -0.4 is 0 Å². The van der Waals surface area contributed by atoms with Gasteiger partial charge in [0.2, 0.25) is 0 Å². The van der Waals surface area contributed by atoms with Gasteiger partial charge in [-0.2, -0.15) is 5.06 Å². The fraction of sp³-hybridized carbons (Fsp3) is 0.720. The second-order valence-electron chi connectivity index (χ2n) is 10.0. The monoisotopic (exact) mass is 412 g/mol. The fourth-order valence-electron chi connectivity index (χ4n) is 6.65. The molecular weight excluding hydrogens is 376 g/mol. The minimum Gasteiger partial charge on any atom is -0.338 e. The lowest BCUT2D eigenvalue weighted by molar-refractivity contribution is -0.201. The van der Waals surface area contributed by atoms with Crippen molar-refractivity contribution in [1.29, 1.82) is 0 Å². The number of carbonyl (C=O) groups is 2. The van der Waals surface area contributed by atoms with Crippen molar-refractivity contribution in [3.63, 3.8) is 0 Å². The van der Waals surface area contributed by atoms with E-state index in [0.29, 0.717) is 24.8 Å². The molecule has 5 nitrogen and oxygen atoms in total. The average molecular weight is 413 g/mol. The van der Waals surface area contributed by atoms with Gasteiger partial charge in [-0.1, -0.05) is 6.92 Å². The SMILES string of the molecule is CCC(=O)N(CCC12CC3CC(CC(C3)C1)C2)OC(=O)CCCCc1ccncc1. The molecule has 0 N–H and O–H groups in total. The predicted octanol–water partition coefficient (Wildman–Crippen LogP) is 5.10. The highest BCUT2D eigenvalue weighted by molar-refractivity contribution is 5.77. The molecule has 5 heteroatoms. The van der Waals surface area contributed by atoms with E-state index in [1.54, 1.807) is 12.4 Å². The summed E-state index contributed by atoms with van der Waals surface area (Å²) in [6.45, 7) is 2.39. The second-order valence-corrected chi connectivity index (χ2v) is 10.0. The van der Waals surface area contributed by atoms with Gasteiger partial charge < -0.3 is 4.84 Å². The molecule has 0 aliphatic heterocycles. The summed E-state index contributed by atoms with van der Waals surface area (Å²) >= 11 is 0. The lowest BCUT2D eigenvalue weighted by atomic mass is 9.49. The van der Waals surface area contributed by atoms with Crippen LogP contribution in [0.3, 0.4) is 0 Å². The molecule has 1 aromatic heterocycles. The standard InChI is InChI=1S/C25H36N2O3/c1-2-23(28)27(30-24(29)6-4-3-5-19-7-10-26-11-8-19)12-9-25-16-20-13-21(17-25)15-22(14-20)18-25/h7-8,10-11,20-22H,2-6,9,12-18H2,1H3. The van der Waals surface area contributed by atoms with Crippen LogP contribution in [0.1, 0.15) is 83.1 Å². The topological polar surface area (TPSA) is 59.5 Å². The van der Waals surface area contributed by atoms with Gasteiger partial charge in [0.1, 0.15) is 0 Å². The summed E-state index contributed by atoms with van der Waals surface area (Å²) in [5.74, 6) is 2.33. The summed E-state index contributed by atoms with van der Waals surface area (Å²) in [4.78, 5) is 34.4. The zero-order chi connectivity index (χ0) is 21.0. The first-order valence-electron chi connectivity index (χ1n) is 12.0. The Morgan fingerprint density at radius 2 is 1.70 bits per heavy atom. The number of hydrogen-bond acceptors (Lipinski definition) is 4. The lowest BCUT2D eigenvalue weighted by Gasteiger charge is -2.57. The van der Waals surface area contributed by atoms with E-state index in [0.717, 1.165) is 43.4 Å². The number of aromatic nitrogens is 1. The Bertz CT molecular complexity index is 698. The number of rotatable bonds is 9. The summed E-state index contributed by atoms with van der Waals surface area (Å²) in [5.41, 5.74) is 1.62. The fourth-order valence-corrected chi connectivity index (χ4v) is 6.65. The van der Waals surface area contributed by atoms with E-state index in [4.69, 9.17) is 4.84 Å². The Balaban J connectivity index is 1.23. The van der Waals surface area contributed by atoms with Gasteiger partial charge in [-0.3, -0.25) is 9.78 Å². The van der Waals surface area contributed by atoms with Gasteiger partial charge >= 0.3 is 5.97 Å². The molecule has 0 radical (unpaired) electrons. The molecule has 0 atom stereocenters. The molecule has 4 aliphatic carbocycles. The van der Waals surface area contributed by atoms with Gasteiger partial charge in [0.05, 0.1) is 6.54 Å². The lowest BCUT2D eigenvalue weighted by Crippen LogP contribution is -2.47. The Hall–Kier alpha value is -1.91. The Morgan fingerprint density at radius 1 is 1.07 bits per heavy atom. The summed E-state index contributed by atoms with van der Waals surface area (Å²) in [6.07, 6.45) is 16.1. The van der Waals surface area contributed by atoms with Crippen molar-refractivity contribution >= 4 is 11.9 Å². The van der Waals surface area contributed by atoms with E-state index >= 15 is 0 Å². The van der Waals surface area contributed by atoms with Crippen molar-refractivity contribution in [2.75, 3.05) is 6.54 Å². The normalized spacial score (nSPS) is 29.0. The number of hydrogen-bond donors (Lipinski definition) is 0. The van der Waals surface area contributed by atoms with Crippen LogP contribution in [0.25, 0.3) is 0 Å². The van der Waals surface area contributed by atoms with Crippen LogP contribution in [0.4, 0.5) is 0 Å². The molecule has 4 aliphatic rings. The molecule has 4 saturated carbocycles.